The monoisotopic (exact) mass is 225 g/mol. The van der Waals surface area contributed by atoms with Crippen LogP contribution >= 0.6 is 0 Å². The van der Waals surface area contributed by atoms with E-state index in [1.807, 2.05) is 0 Å². The third-order valence-electron chi connectivity index (χ3n) is 3.93. The van der Waals surface area contributed by atoms with E-state index in [1.165, 1.54) is 25.7 Å². The molecule has 2 rings (SSSR count). The van der Waals surface area contributed by atoms with Crippen LogP contribution in [0.4, 0.5) is 0 Å². The molecular formula is C11H19N3O2. The Morgan fingerprint density at radius 2 is 2.25 bits per heavy atom. The number of rotatable bonds is 4. The molecule has 2 saturated carbocycles. The molecule has 2 aliphatic rings. The molecule has 3 unspecified atom stereocenters. The quantitative estimate of drug-likeness (QED) is 0.284. The number of carbonyl (C=O) groups excluding carboxylic acids is 1. The highest BCUT2D eigenvalue weighted by molar-refractivity contribution is 5.86. The minimum absolute atomic E-state index is 0.0177. The van der Waals surface area contributed by atoms with Gasteiger partial charge in [-0.05, 0) is 37.0 Å². The molecule has 4 N–H and O–H groups in total. The van der Waals surface area contributed by atoms with Crippen molar-refractivity contribution in [1.82, 2.24) is 5.32 Å². The second-order valence-electron chi connectivity index (χ2n) is 5.01. The smallest absolute Gasteiger partial charge is 0.220 e. The summed E-state index contributed by atoms with van der Waals surface area (Å²) in [5.41, 5.74) is 5.28. The second kappa shape index (κ2) is 4.72. The van der Waals surface area contributed by atoms with Crippen molar-refractivity contribution >= 4 is 11.7 Å². The Morgan fingerprint density at radius 1 is 1.44 bits per heavy atom. The highest BCUT2D eigenvalue weighted by atomic mass is 16.4. The highest BCUT2D eigenvalue weighted by Gasteiger charge is 2.39. The summed E-state index contributed by atoms with van der Waals surface area (Å²) in [6, 6.07) is 0. The van der Waals surface area contributed by atoms with Gasteiger partial charge in [0.05, 0.1) is 6.54 Å². The molecule has 0 radical (unpaired) electrons. The van der Waals surface area contributed by atoms with E-state index in [2.05, 4.69) is 10.5 Å². The lowest BCUT2D eigenvalue weighted by atomic mass is 9.86. The van der Waals surface area contributed by atoms with Crippen LogP contribution in [-0.2, 0) is 4.79 Å². The largest absolute Gasteiger partial charge is 0.409 e. The maximum Gasteiger partial charge on any atom is 0.220 e. The van der Waals surface area contributed by atoms with Crippen LogP contribution in [0, 0.1) is 17.8 Å². The van der Waals surface area contributed by atoms with E-state index in [0.29, 0.717) is 12.3 Å². The van der Waals surface area contributed by atoms with E-state index in [0.717, 1.165) is 11.8 Å². The number of hydrogen-bond acceptors (Lipinski definition) is 3. The van der Waals surface area contributed by atoms with E-state index in [1.54, 1.807) is 0 Å². The molecule has 0 aromatic rings. The van der Waals surface area contributed by atoms with Gasteiger partial charge in [-0.25, -0.2) is 0 Å². The number of hydrogen-bond donors (Lipinski definition) is 3. The highest BCUT2D eigenvalue weighted by Crippen LogP contribution is 2.49. The molecule has 3 atom stereocenters. The number of amidine groups is 1. The van der Waals surface area contributed by atoms with Gasteiger partial charge < -0.3 is 16.3 Å². The molecule has 0 aromatic carbocycles. The molecule has 16 heavy (non-hydrogen) atoms. The molecule has 0 spiro atoms. The Hall–Kier alpha value is -1.26. The molecule has 5 nitrogen and oxygen atoms in total. The van der Waals surface area contributed by atoms with Gasteiger partial charge in [0.25, 0.3) is 0 Å². The molecule has 2 aliphatic carbocycles. The number of nitrogens with one attached hydrogen (secondary N) is 1. The van der Waals surface area contributed by atoms with Crippen molar-refractivity contribution in [3.8, 4) is 0 Å². The minimum atomic E-state index is 0.0177. The van der Waals surface area contributed by atoms with Crippen LogP contribution < -0.4 is 11.1 Å². The predicted molar refractivity (Wildman–Crippen MR) is 60.0 cm³/mol. The molecule has 0 saturated heterocycles. The van der Waals surface area contributed by atoms with Crippen molar-refractivity contribution in [3.05, 3.63) is 0 Å². The molecule has 5 heteroatoms. The summed E-state index contributed by atoms with van der Waals surface area (Å²) >= 11 is 0. The van der Waals surface area contributed by atoms with Crippen molar-refractivity contribution in [3.63, 3.8) is 0 Å². The van der Waals surface area contributed by atoms with Gasteiger partial charge in [0.2, 0.25) is 5.91 Å². The van der Waals surface area contributed by atoms with Gasteiger partial charge in [0.15, 0.2) is 5.84 Å². The lowest BCUT2D eigenvalue weighted by Crippen LogP contribution is -2.35. The van der Waals surface area contributed by atoms with E-state index in [4.69, 9.17) is 10.9 Å². The summed E-state index contributed by atoms with van der Waals surface area (Å²) in [6.07, 6.45) is 5.77. The predicted octanol–water partition coefficient (Wildman–Crippen LogP) is 0.675. The summed E-state index contributed by atoms with van der Waals surface area (Å²) in [7, 11) is 0. The van der Waals surface area contributed by atoms with Gasteiger partial charge in [0, 0.05) is 6.42 Å². The van der Waals surface area contributed by atoms with Crippen LogP contribution in [-0.4, -0.2) is 23.5 Å². The lowest BCUT2D eigenvalue weighted by molar-refractivity contribution is -0.122. The van der Waals surface area contributed by atoms with Crippen molar-refractivity contribution in [2.45, 2.75) is 32.1 Å². The van der Waals surface area contributed by atoms with Gasteiger partial charge in [-0.15, -0.1) is 0 Å². The average molecular weight is 225 g/mol. The summed E-state index contributed by atoms with van der Waals surface area (Å²) in [6.45, 7) is 0.135. The van der Waals surface area contributed by atoms with Gasteiger partial charge in [-0.1, -0.05) is 11.6 Å². The number of carbonyl (C=O) groups is 1. The van der Waals surface area contributed by atoms with E-state index in [-0.39, 0.29) is 18.3 Å². The van der Waals surface area contributed by atoms with Crippen molar-refractivity contribution in [1.29, 1.82) is 0 Å². The normalized spacial score (nSPS) is 33.0. The van der Waals surface area contributed by atoms with Crippen molar-refractivity contribution in [2.24, 2.45) is 28.6 Å². The van der Waals surface area contributed by atoms with Crippen LogP contribution in [0.3, 0.4) is 0 Å². The third kappa shape index (κ3) is 2.46. The third-order valence-corrected chi connectivity index (χ3v) is 3.93. The van der Waals surface area contributed by atoms with Gasteiger partial charge in [-0.3, -0.25) is 4.79 Å². The number of nitrogens with zero attached hydrogens (tertiary/aromatic N) is 1. The van der Waals surface area contributed by atoms with Crippen LogP contribution in [0.1, 0.15) is 32.1 Å². The van der Waals surface area contributed by atoms with Gasteiger partial charge >= 0.3 is 0 Å². The fraction of sp³-hybridized carbons (Fsp3) is 0.818. The van der Waals surface area contributed by atoms with Crippen LogP contribution in [0.5, 0.6) is 0 Å². The molecule has 90 valence electrons. The van der Waals surface area contributed by atoms with E-state index in [9.17, 15) is 4.79 Å². The maximum absolute atomic E-state index is 11.6. The zero-order valence-electron chi connectivity index (χ0n) is 9.35. The Morgan fingerprint density at radius 3 is 2.81 bits per heavy atom. The zero-order valence-corrected chi connectivity index (χ0v) is 9.35. The minimum Gasteiger partial charge on any atom is -0.409 e. The molecule has 0 heterocycles. The lowest BCUT2D eigenvalue weighted by Gasteiger charge is -2.20. The number of amides is 1. The molecule has 2 fully saturated rings. The van der Waals surface area contributed by atoms with Crippen LogP contribution in [0.15, 0.2) is 5.16 Å². The average Bonchev–Trinajstić information content (AvgIpc) is 2.87. The molecule has 1 amide bonds. The SMILES string of the molecule is N/C(CNC(=O)CC1CC2CCC1C2)=N/O. The van der Waals surface area contributed by atoms with Gasteiger partial charge in [-0.2, -0.15) is 0 Å². The Balaban J connectivity index is 1.71. The molecular weight excluding hydrogens is 206 g/mol. The Labute approximate surface area is 95.1 Å². The van der Waals surface area contributed by atoms with Crippen LogP contribution in [0.2, 0.25) is 0 Å². The zero-order chi connectivity index (χ0) is 11.5. The Kier molecular flexibility index (Phi) is 3.31. The van der Waals surface area contributed by atoms with Crippen molar-refractivity contribution < 1.29 is 10.0 Å². The number of fused-ring (bicyclic) bond motifs is 2. The summed E-state index contributed by atoms with van der Waals surface area (Å²) < 4.78 is 0. The molecule has 0 aliphatic heterocycles. The fourth-order valence-electron chi connectivity index (χ4n) is 3.16. The first-order chi connectivity index (χ1) is 7.69. The van der Waals surface area contributed by atoms with E-state index < -0.39 is 0 Å². The first-order valence-electron chi connectivity index (χ1n) is 5.92. The summed E-state index contributed by atoms with van der Waals surface area (Å²) in [5.74, 6) is 2.25. The number of nitrogens with two attached hydrogens (primary N) is 1. The first kappa shape index (κ1) is 11.2. The maximum atomic E-state index is 11.6. The first-order valence-corrected chi connectivity index (χ1v) is 5.92. The molecule has 2 bridgehead atoms. The topological polar surface area (TPSA) is 87.7 Å². The summed E-state index contributed by atoms with van der Waals surface area (Å²) in [4.78, 5) is 11.6. The standard InChI is InChI=1S/C11H19N3O2/c12-10(14-16)6-13-11(15)5-9-4-7-1-2-8(9)3-7/h7-9,16H,1-6H2,(H2,12,14)(H,13,15). The van der Waals surface area contributed by atoms with Crippen LogP contribution in [0.25, 0.3) is 0 Å². The number of oxime groups is 1. The summed E-state index contributed by atoms with van der Waals surface area (Å²) in [5, 5.41) is 13.8. The molecule has 0 aromatic heterocycles. The second-order valence-corrected chi connectivity index (χ2v) is 5.01. The van der Waals surface area contributed by atoms with Gasteiger partial charge in [0.1, 0.15) is 0 Å². The van der Waals surface area contributed by atoms with E-state index >= 15 is 0 Å². The Bertz CT molecular complexity index is 304. The van der Waals surface area contributed by atoms with Crippen molar-refractivity contribution in [2.75, 3.05) is 6.54 Å². The fourth-order valence-corrected chi connectivity index (χ4v) is 3.16.